The molecule has 29 heavy (non-hydrogen) atoms. The molecule has 0 spiro atoms. The third kappa shape index (κ3) is 4.12. The van der Waals surface area contributed by atoms with Gasteiger partial charge < -0.3 is 9.30 Å². The van der Waals surface area contributed by atoms with Gasteiger partial charge in [0.2, 0.25) is 5.78 Å². The molecule has 0 unspecified atom stereocenters. The van der Waals surface area contributed by atoms with Crippen molar-refractivity contribution in [3.63, 3.8) is 0 Å². The molecule has 0 amide bonds. The van der Waals surface area contributed by atoms with Gasteiger partial charge in [0.15, 0.2) is 12.4 Å². The SMILES string of the molecule is Cc1cc(C(=O)COc2cc(F)ccc2[N+](=O)[O-])c(C)n1-c1ccc(F)c(Cl)c1. The fourth-order valence-electron chi connectivity index (χ4n) is 3.04. The summed E-state index contributed by atoms with van der Waals surface area (Å²) in [6, 6.07) is 8.59. The Bertz CT molecular complexity index is 1130. The molecule has 0 saturated carbocycles. The number of ketones is 1. The van der Waals surface area contributed by atoms with E-state index in [9.17, 15) is 23.7 Å². The molecule has 0 aliphatic rings. The number of ether oxygens (including phenoxy) is 1. The highest BCUT2D eigenvalue weighted by Crippen LogP contribution is 2.28. The fourth-order valence-corrected chi connectivity index (χ4v) is 3.22. The summed E-state index contributed by atoms with van der Waals surface area (Å²) in [6.07, 6.45) is 0. The molecule has 0 bridgehead atoms. The van der Waals surface area contributed by atoms with Crippen molar-refractivity contribution in [2.45, 2.75) is 13.8 Å². The number of aryl methyl sites for hydroxylation is 1. The van der Waals surface area contributed by atoms with Crippen LogP contribution in [0.2, 0.25) is 5.02 Å². The summed E-state index contributed by atoms with van der Waals surface area (Å²) >= 11 is 5.85. The van der Waals surface area contributed by atoms with Crippen molar-refractivity contribution in [2.75, 3.05) is 6.61 Å². The number of benzene rings is 2. The molecule has 0 atom stereocenters. The van der Waals surface area contributed by atoms with Gasteiger partial charge >= 0.3 is 5.69 Å². The van der Waals surface area contributed by atoms with Crippen molar-refractivity contribution >= 4 is 23.1 Å². The maximum atomic E-state index is 13.4. The number of hydrogen-bond donors (Lipinski definition) is 0. The Labute approximate surface area is 169 Å². The summed E-state index contributed by atoms with van der Waals surface area (Å²) < 4.78 is 33.8. The topological polar surface area (TPSA) is 74.4 Å². The van der Waals surface area contributed by atoms with Crippen LogP contribution in [-0.2, 0) is 0 Å². The Balaban J connectivity index is 1.87. The lowest BCUT2D eigenvalue weighted by molar-refractivity contribution is -0.385. The van der Waals surface area contributed by atoms with Crippen LogP contribution in [0.4, 0.5) is 14.5 Å². The highest BCUT2D eigenvalue weighted by atomic mass is 35.5. The summed E-state index contributed by atoms with van der Waals surface area (Å²) in [5.74, 6) is -2.05. The lowest BCUT2D eigenvalue weighted by Gasteiger charge is -2.11. The number of rotatable bonds is 6. The first kappa shape index (κ1) is 20.5. The first-order chi connectivity index (χ1) is 13.7. The molecule has 1 aromatic heterocycles. The van der Waals surface area contributed by atoms with Crippen molar-refractivity contribution in [1.29, 1.82) is 0 Å². The van der Waals surface area contributed by atoms with Crippen LogP contribution >= 0.6 is 11.6 Å². The van der Waals surface area contributed by atoms with E-state index in [0.717, 1.165) is 18.2 Å². The van der Waals surface area contributed by atoms with Gasteiger partial charge in [-0.25, -0.2) is 8.78 Å². The Morgan fingerprint density at radius 1 is 1.17 bits per heavy atom. The molecular formula is C20H15ClF2N2O4. The second-order valence-electron chi connectivity index (χ2n) is 6.30. The van der Waals surface area contributed by atoms with Gasteiger partial charge in [-0.1, -0.05) is 11.6 Å². The highest BCUT2D eigenvalue weighted by Gasteiger charge is 2.21. The van der Waals surface area contributed by atoms with E-state index in [1.165, 1.54) is 18.2 Å². The van der Waals surface area contributed by atoms with Crippen LogP contribution in [0.15, 0.2) is 42.5 Å². The lowest BCUT2D eigenvalue weighted by atomic mass is 10.1. The van der Waals surface area contributed by atoms with Crippen molar-refractivity contribution in [1.82, 2.24) is 4.57 Å². The number of aromatic nitrogens is 1. The van der Waals surface area contributed by atoms with E-state index >= 15 is 0 Å². The van der Waals surface area contributed by atoms with Crippen LogP contribution in [-0.4, -0.2) is 21.9 Å². The van der Waals surface area contributed by atoms with Gasteiger partial charge in [-0.15, -0.1) is 0 Å². The zero-order valence-corrected chi connectivity index (χ0v) is 16.2. The second-order valence-corrected chi connectivity index (χ2v) is 6.71. The third-order valence-corrected chi connectivity index (χ3v) is 4.66. The molecule has 0 saturated heterocycles. The average molecular weight is 421 g/mol. The molecule has 1 heterocycles. The van der Waals surface area contributed by atoms with Gasteiger partial charge in [0, 0.05) is 34.8 Å². The largest absolute Gasteiger partial charge is 0.478 e. The van der Waals surface area contributed by atoms with E-state index in [4.69, 9.17) is 16.3 Å². The van der Waals surface area contributed by atoms with Crippen LogP contribution in [0.3, 0.4) is 0 Å². The van der Waals surface area contributed by atoms with Gasteiger partial charge in [-0.3, -0.25) is 14.9 Å². The molecule has 150 valence electrons. The van der Waals surface area contributed by atoms with E-state index in [1.54, 1.807) is 24.5 Å². The van der Waals surface area contributed by atoms with E-state index in [-0.39, 0.29) is 10.8 Å². The molecule has 6 nitrogen and oxygen atoms in total. The molecule has 3 rings (SSSR count). The summed E-state index contributed by atoms with van der Waals surface area (Å²) in [7, 11) is 0. The summed E-state index contributed by atoms with van der Waals surface area (Å²) in [5.41, 5.74) is 1.72. The molecule has 0 N–H and O–H groups in total. The highest BCUT2D eigenvalue weighted by molar-refractivity contribution is 6.30. The normalized spacial score (nSPS) is 10.8. The van der Waals surface area contributed by atoms with Crippen molar-refractivity contribution in [2.24, 2.45) is 0 Å². The number of halogens is 3. The van der Waals surface area contributed by atoms with Gasteiger partial charge in [-0.2, -0.15) is 0 Å². The molecular weight excluding hydrogens is 406 g/mol. The number of Topliss-reactive ketones (excluding diaryl/α,β-unsaturated/α-hetero) is 1. The quantitative estimate of drug-likeness (QED) is 0.312. The summed E-state index contributed by atoms with van der Waals surface area (Å²) in [5, 5.41) is 11.0. The first-order valence-electron chi connectivity index (χ1n) is 8.43. The van der Waals surface area contributed by atoms with Crippen LogP contribution in [0.5, 0.6) is 5.75 Å². The molecule has 0 aliphatic heterocycles. The minimum absolute atomic E-state index is 0.0513. The van der Waals surface area contributed by atoms with Crippen LogP contribution in [0.25, 0.3) is 5.69 Å². The maximum Gasteiger partial charge on any atom is 0.311 e. The summed E-state index contributed by atoms with van der Waals surface area (Å²) in [6.45, 7) is 2.94. The number of nitro benzene ring substituents is 1. The zero-order valence-electron chi connectivity index (χ0n) is 15.4. The van der Waals surface area contributed by atoms with Gasteiger partial charge in [0.25, 0.3) is 0 Å². The maximum absolute atomic E-state index is 13.4. The molecule has 2 aromatic carbocycles. The van der Waals surface area contributed by atoms with Gasteiger partial charge in [0.1, 0.15) is 11.6 Å². The molecule has 0 aliphatic carbocycles. The van der Waals surface area contributed by atoms with Crippen molar-refractivity contribution in [3.8, 4) is 11.4 Å². The Morgan fingerprint density at radius 2 is 1.90 bits per heavy atom. The predicted molar refractivity (Wildman–Crippen MR) is 103 cm³/mol. The van der Waals surface area contributed by atoms with Crippen LogP contribution in [0.1, 0.15) is 21.7 Å². The van der Waals surface area contributed by atoms with Crippen LogP contribution in [0, 0.1) is 35.6 Å². The number of carbonyl (C=O) groups is 1. The second kappa shape index (κ2) is 8.00. The third-order valence-electron chi connectivity index (χ3n) is 4.37. The number of nitro groups is 1. The lowest BCUT2D eigenvalue weighted by Crippen LogP contribution is -2.13. The Kier molecular flexibility index (Phi) is 5.65. The summed E-state index contributed by atoms with van der Waals surface area (Å²) in [4.78, 5) is 23.0. The minimum Gasteiger partial charge on any atom is -0.478 e. The number of hydrogen-bond acceptors (Lipinski definition) is 4. The smallest absolute Gasteiger partial charge is 0.311 e. The molecule has 3 aromatic rings. The number of nitrogens with zero attached hydrogens (tertiary/aromatic N) is 2. The van der Waals surface area contributed by atoms with Crippen molar-refractivity contribution < 1.29 is 23.2 Å². The van der Waals surface area contributed by atoms with Crippen LogP contribution < -0.4 is 4.74 Å². The zero-order chi connectivity index (χ0) is 21.3. The predicted octanol–water partition coefficient (Wildman–Crippen LogP) is 5.20. The standard InChI is InChI=1S/C20H15ClF2N2O4/c1-11-7-15(12(2)24(11)14-4-5-17(23)16(21)9-14)19(26)10-29-20-8-13(22)3-6-18(20)25(27)28/h3-9H,10H2,1-2H3. The van der Waals surface area contributed by atoms with E-state index < -0.39 is 34.6 Å². The minimum atomic E-state index is -0.719. The van der Waals surface area contributed by atoms with E-state index in [2.05, 4.69) is 0 Å². The first-order valence-corrected chi connectivity index (χ1v) is 8.81. The fraction of sp³-hybridized carbons (Fsp3) is 0.150. The molecule has 0 radical (unpaired) electrons. The number of carbonyl (C=O) groups excluding carboxylic acids is 1. The van der Waals surface area contributed by atoms with E-state index in [0.29, 0.717) is 22.6 Å². The van der Waals surface area contributed by atoms with Crippen molar-refractivity contribution in [3.05, 3.63) is 86.2 Å². The Hall–Kier alpha value is -3.26. The molecule has 9 heteroatoms. The van der Waals surface area contributed by atoms with Gasteiger partial charge in [0.05, 0.1) is 9.95 Å². The Morgan fingerprint density at radius 3 is 2.55 bits per heavy atom. The van der Waals surface area contributed by atoms with E-state index in [1.807, 2.05) is 0 Å². The average Bonchev–Trinajstić information content (AvgIpc) is 2.96. The monoisotopic (exact) mass is 420 g/mol. The van der Waals surface area contributed by atoms with Gasteiger partial charge in [-0.05, 0) is 44.2 Å². The molecule has 0 fully saturated rings.